The Kier molecular flexibility index (Phi) is 6.05. The van der Waals surface area contributed by atoms with Gasteiger partial charge in [0.1, 0.15) is 24.1 Å². The molecule has 4 aromatic rings. The lowest BCUT2D eigenvalue weighted by atomic mass is 10.1. The second-order valence-corrected chi connectivity index (χ2v) is 10.1. The van der Waals surface area contributed by atoms with Crippen molar-refractivity contribution in [2.75, 3.05) is 20.7 Å². The maximum absolute atomic E-state index is 12.9. The van der Waals surface area contributed by atoms with Gasteiger partial charge in [-0.25, -0.2) is 22.4 Å². The molecule has 2 aromatic carbocycles. The van der Waals surface area contributed by atoms with Gasteiger partial charge in [-0.15, -0.1) is 0 Å². The first kappa shape index (κ1) is 22.7. The van der Waals surface area contributed by atoms with Gasteiger partial charge in [0.15, 0.2) is 5.65 Å². The molecule has 2 heterocycles. The zero-order chi connectivity index (χ0) is 23.8. The Hall–Kier alpha value is -3.50. The third-order valence-electron chi connectivity index (χ3n) is 5.21. The van der Waals surface area contributed by atoms with E-state index < -0.39 is 10.0 Å². The van der Waals surface area contributed by atoms with Crippen molar-refractivity contribution < 1.29 is 13.2 Å². The van der Waals surface area contributed by atoms with Crippen LogP contribution in [0.2, 0.25) is 0 Å². The van der Waals surface area contributed by atoms with Crippen LogP contribution in [0.1, 0.15) is 11.1 Å². The highest BCUT2D eigenvalue weighted by Gasteiger charge is 2.17. The van der Waals surface area contributed by atoms with E-state index >= 15 is 0 Å². The minimum absolute atomic E-state index is 0.187. The topological polar surface area (TPSA) is 99.3 Å². The predicted octanol–water partition coefficient (Wildman–Crippen LogP) is 2.53. The number of fused-ring (bicyclic) bond motifs is 1. The smallest absolute Gasteiger partial charge is 0.264 e. The minimum atomic E-state index is -3.49. The SMILES string of the molecule is Cc1cc(C)cc(-n2ncc3c(=O)n(CCOc4ccc(S(=O)(=O)N(C)C)cc4)cnc32)c1. The normalized spacial score (nSPS) is 11.9. The molecule has 10 heteroatoms. The second-order valence-electron chi connectivity index (χ2n) is 7.99. The molecule has 4 rings (SSSR count). The lowest BCUT2D eigenvalue weighted by molar-refractivity contribution is 0.296. The maximum Gasteiger partial charge on any atom is 0.264 e. The molecule has 0 unspecified atom stereocenters. The molecule has 0 spiro atoms. The van der Waals surface area contributed by atoms with Crippen LogP contribution < -0.4 is 10.3 Å². The average molecular weight is 468 g/mol. The van der Waals surface area contributed by atoms with Crippen LogP contribution >= 0.6 is 0 Å². The van der Waals surface area contributed by atoms with Crippen LogP contribution in [0, 0.1) is 13.8 Å². The summed E-state index contributed by atoms with van der Waals surface area (Å²) in [6.07, 6.45) is 3.02. The highest BCUT2D eigenvalue weighted by atomic mass is 32.2. The van der Waals surface area contributed by atoms with E-state index in [0.717, 1.165) is 21.1 Å². The van der Waals surface area contributed by atoms with E-state index in [0.29, 0.717) is 16.8 Å². The monoisotopic (exact) mass is 467 g/mol. The van der Waals surface area contributed by atoms with Crippen LogP contribution in [-0.2, 0) is 16.6 Å². The molecular formula is C23H25N5O4S. The van der Waals surface area contributed by atoms with Crippen LogP contribution in [0.25, 0.3) is 16.7 Å². The van der Waals surface area contributed by atoms with Gasteiger partial charge in [-0.2, -0.15) is 5.10 Å². The first-order chi connectivity index (χ1) is 15.7. The molecular weight excluding hydrogens is 442 g/mol. The standard InChI is InChI=1S/C23H25N5O4S/c1-16-11-17(2)13-18(12-16)28-22-21(14-25-28)23(29)27(15-24-22)9-10-32-19-5-7-20(8-6-19)33(30,31)26(3)4/h5-8,11-15H,9-10H2,1-4H3. The Morgan fingerprint density at radius 3 is 2.33 bits per heavy atom. The second kappa shape index (κ2) is 8.80. The lowest BCUT2D eigenvalue weighted by Gasteiger charge is -2.12. The summed E-state index contributed by atoms with van der Waals surface area (Å²) in [6.45, 7) is 4.53. The van der Waals surface area contributed by atoms with Crippen molar-refractivity contribution in [1.82, 2.24) is 23.6 Å². The minimum Gasteiger partial charge on any atom is -0.492 e. The summed E-state index contributed by atoms with van der Waals surface area (Å²) >= 11 is 0. The molecule has 0 aliphatic carbocycles. The van der Waals surface area contributed by atoms with Crippen molar-refractivity contribution in [3.63, 3.8) is 0 Å². The van der Waals surface area contributed by atoms with Gasteiger partial charge in [0, 0.05) is 14.1 Å². The summed E-state index contributed by atoms with van der Waals surface area (Å²) in [4.78, 5) is 17.6. The molecule has 9 nitrogen and oxygen atoms in total. The number of ether oxygens (including phenoxy) is 1. The van der Waals surface area contributed by atoms with E-state index in [2.05, 4.69) is 16.1 Å². The fourth-order valence-corrected chi connectivity index (χ4v) is 4.45. The zero-order valence-electron chi connectivity index (χ0n) is 18.9. The first-order valence-corrected chi connectivity index (χ1v) is 11.8. The van der Waals surface area contributed by atoms with Gasteiger partial charge in [0.25, 0.3) is 5.56 Å². The van der Waals surface area contributed by atoms with Crippen molar-refractivity contribution in [2.45, 2.75) is 25.3 Å². The number of sulfonamides is 1. The highest BCUT2D eigenvalue weighted by Crippen LogP contribution is 2.19. The van der Waals surface area contributed by atoms with Crippen molar-refractivity contribution in [1.29, 1.82) is 0 Å². The number of hydrogen-bond donors (Lipinski definition) is 0. The van der Waals surface area contributed by atoms with Crippen LogP contribution in [0.5, 0.6) is 5.75 Å². The van der Waals surface area contributed by atoms with E-state index in [-0.39, 0.29) is 23.6 Å². The molecule has 33 heavy (non-hydrogen) atoms. The summed E-state index contributed by atoms with van der Waals surface area (Å²) in [5.41, 5.74) is 3.36. The fraction of sp³-hybridized carbons (Fsp3) is 0.261. The number of aryl methyl sites for hydroxylation is 2. The van der Waals surface area contributed by atoms with Crippen LogP contribution in [0.15, 0.2) is 64.7 Å². The van der Waals surface area contributed by atoms with E-state index in [1.165, 1.54) is 43.3 Å². The summed E-state index contributed by atoms with van der Waals surface area (Å²) in [6, 6.07) is 12.2. The number of aromatic nitrogens is 4. The maximum atomic E-state index is 12.9. The molecule has 172 valence electrons. The van der Waals surface area contributed by atoms with Crippen LogP contribution in [0.4, 0.5) is 0 Å². The van der Waals surface area contributed by atoms with Gasteiger partial charge < -0.3 is 4.74 Å². The highest BCUT2D eigenvalue weighted by molar-refractivity contribution is 7.89. The van der Waals surface area contributed by atoms with Crippen LogP contribution in [0.3, 0.4) is 0 Å². The molecule has 0 fully saturated rings. The van der Waals surface area contributed by atoms with E-state index in [1.54, 1.807) is 16.8 Å². The Balaban J connectivity index is 1.49. The quantitative estimate of drug-likeness (QED) is 0.414. The fourth-order valence-electron chi connectivity index (χ4n) is 3.55. The van der Waals surface area contributed by atoms with Crippen molar-refractivity contribution in [3.05, 3.63) is 76.5 Å². The van der Waals surface area contributed by atoms with Gasteiger partial charge in [-0.3, -0.25) is 9.36 Å². The van der Waals surface area contributed by atoms with E-state index in [4.69, 9.17) is 4.74 Å². The first-order valence-electron chi connectivity index (χ1n) is 10.3. The lowest BCUT2D eigenvalue weighted by Crippen LogP contribution is -2.23. The van der Waals surface area contributed by atoms with Gasteiger partial charge in [-0.05, 0) is 61.4 Å². The largest absolute Gasteiger partial charge is 0.492 e. The molecule has 0 N–H and O–H groups in total. The molecule has 0 bridgehead atoms. The average Bonchev–Trinajstić information content (AvgIpc) is 3.20. The molecule has 2 aromatic heterocycles. The molecule has 0 aliphatic heterocycles. The van der Waals surface area contributed by atoms with E-state index in [9.17, 15) is 13.2 Å². The summed E-state index contributed by atoms with van der Waals surface area (Å²) in [5, 5.41) is 4.80. The predicted molar refractivity (Wildman–Crippen MR) is 125 cm³/mol. The number of benzene rings is 2. The molecule has 0 radical (unpaired) electrons. The zero-order valence-corrected chi connectivity index (χ0v) is 19.7. The van der Waals surface area contributed by atoms with E-state index in [1.807, 2.05) is 26.0 Å². The van der Waals surface area contributed by atoms with Crippen molar-refractivity contribution >= 4 is 21.1 Å². The summed E-state index contributed by atoms with van der Waals surface area (Å²) in [5.74, 6) is 0.512. The van der Waals surface area contributed by atoms with Crippen molar-refractivity contribution in [2.24, 2.45) is 0 Å². The number of rotatable bonds is 7. The molecule has 0 saturated carbocycles. The van der Waals surface area contributed by atoms with Crippen LogP contribution in [-0.4, -0.2) is 52.8 Å². The third-order valence-corrected chi connectivity index (χ3v) is 7.04. The Labute approximate surface area is 191 Å². The van der Waals surface area contributed by atoms with Gasteiger partial charge in [0.05, 0.1) is 23.3 Å². The molecule has 0 aliphatic rings. The van der Waals surface area contributed by atoms with Crippen molar-refractivity contribution in [3.8, 4) is 11.4 Å². The molecule has 0 atom stereocenters. The summed E-state index contributed by atoms with van der Waals surface area (Å²) < 4.78 is 34.3. The van der Waals surface area contributed by atoms with Gasteiger partial charge in [-0.1, -0.05) is 6.07 Å². The Bertz CT molecular complexity index is 1450. The molecule has 0 saturated heterocycles. The number of nitrogens with zero attached hydrogens (tertiary/aromatic N) is 5. The van der Waals surface area contributed by atoms with Gasteiger partial charge >= 0.3 is 0 Å². The Morgan fingerprint density at radius 1 is 1.03 bits per heavy atom. The third kappa shape index (κ3) is 4.53. The number of hydrogen-bond acceptors (Lipinski definition) is 6. The molecule has 0 amide bonds. The Morgan fingerprint density at radius 2 is 1.70 bits per heavy atom. The summed E-state index contributed by atoms with van der Waals surface area (Å²) in [7, 11) is -0.530. The van der Waals surface area contributed by atoms with Gasteiger partial charge in [0.2, 0.25) is 10.0 Å².